The molecule has 2 aromatic heterocycles. The van der Waals surface area contributed by atoms with Crippen molar-refractivity contribution in [3.8, 4) is 0 Å². The fourth-order valence-electron chi connectivity index (χ4n) is 3.31. The van der Waals surface area contributed by atoms with Crippen molar-refractivity contribution in [1.29, 1.82) is 0 Å². The first-order valence-electron chi connectivity index (χ1n) is 8.49. The van der Waals surface area contributed by atoms with Crippen LogP contribution in [-0.2, 0) is 23.1 Å². The lowest BCUT2D eigenvalue weighted by Crippen LogP contribution is -2.38. The van der Waals surface area contributed by atoms with Crippen LogP contribution in [0, 0.1) is 0 Å². The maximum absolute atomic E-state index is 13.2. The number of pyridine rings is 1. The topological polar surface area (TPSA) is 69.0 Å². The molecule has 2 unspecified atom stereocenters. The molecule has 0 amide bonds. The highest BCUT2D eigenvalue weighted by Crippen LogP contribution is 2.34. The van der Waals surface area contributed by atoms with E-state index in [1.54, 1.807) is 17.8 Å². The van der Waals surface area contributed by atoms with Crippen molar-refractivity contribution in [2.24, 2.45) is 0 Å². The summed E-state index contributed by atoms with van der Waals surface area (Å²) in [5.41, 5.74) is 0.682. The van der Waals surface area contributed by atoms with Gasteiger partial charge in [0.1, 0.15) is 11.9 Å². The van der Waals surface area contributed by atoms with Crippen LogP contribution in [-0.4, -0.2) is 39.8 Å². The maximum atomic E-state index is 13.2. The molecule has 0 radical (unpaired) electrons. The number of ether oxygens (including phenoxy) is 1. The van der Waals surface area contributed by atoms with Crippen LogP contribution in [0.3, 0.4) is 0 Å². The van der Waals surface area contributed by atoms with Gasteiger partial charge in [-0.15, -0.1) is 0 Å². The van der Waals surface area contributed by atoms with Crippen LogP contribution in [0.1, 0.15) is 22.9 Å². The molecular formula is C17H17F3N4O2S. The largest absolute Gasteiger partial charge is 0.419 e. The van der Waals surface area contributed by atoms with Crippen molar-refractivity contribution in [1.82, 2.24) is 14.8 Å². The average molecular weight is 398 g/mol. The minimum atomic E-state index is -4.52. The lowest BCUT2D eigenvalue weighted by atomic mass is 10.1. The SMILES string of the molecule is O=c1cc2c(nn1C1COCC1Nc1ncccc1C(F)(F)F)CCSC2. The van der Waals surface area contributed by atoms with Crippen molar-refractivity contribution < 1.29 is 17.9 Å². The highest BCUT2D eigenvalue weighted by atomic mass is 32.2. The van der Waals surface area contributed by atoms with Gasteiger partial charge in [-0.05, 0) is 23.4 Å². The molecule has 4 heterocycles. The molecule has 0 aliphatic carbocycles. The summed E-state index contributed by atoms with van der Waals surface area (Å²) < 4.78 is 46.4. The van der Waals surface area contributed by atoms with E-state index >= 15 is 0 Å². The molecule has 2 atom stereocenters. The molecule has 144 valence electrons. The molecule has 1 saturated heterocycles. The number of nitrogens with one attached hydrogen (secondary N) is 1. The van der Waals surface area contributed by atoms with Crippen LogP contribution in [0.2, 0.25) is 0 Å². The number of nitrogens with zero attached hydrogens (tertiary/aromatic N) is 3. The molecule has 0 aromatic carbocycles. The Balaban J connectivity index is 1.64. The van der Waals surface area contributed by atoms with Crippen LogP contribution < -0.4 is 10.9 Å². The Bertz CT molecular complexity index is 902. The Hall–Kier alpha value is -2.07. The van der Waals surface area contributed by atoms with E-state index < -0.39 is 23.8 Å². The van der Waals surface area contributed by atoms with E-state index in [-0.39, 0.29) is 24.6 Å². The Labute approximate surface area is 157 Å². The Morgan fingerprint density at radius 3 is 3.00 bits per heavy atom. The number of fused-ring (bicyclic) bond motifs is 1. The molecule has 27 heavy (non-hydrogen) atoms. The van der Waals surface area contributed by atoms with Gasteiger partial charge in [-0.1, -0.05) is 0 Å². The van der Waals surface area contributed by atoms with Crippen molar-refractivity contribution in [3.05, 3.63) is 51.6 Å². The lowest BCUT2D eigenvalue weighted by molar-refractivity contribution is -0.137. The molecule has 1 N–H and O–H groups in total. The summed E-state index contributed by atoms with van der Waals surface area (Å²) in [6, 6.07) is 2.75. The Morgan fingerprint density at radius 2 is 2.19 bits per heavy atom. The van der Waals surface area contributed by atoms with Gasteiger partial charge in [0.05, 0.1) is 30.5 Å². The second kappa shape index (κ2) is 7.16. The summed E-state index contributed by atoms with van der Waals surface area (Å²) >= 11 is 1.75. The van der Waals surface area contributed by atoms with Gasteiger partial charge in [-0.2, -0.15) is 30.0 Å². The summed E-state index contributed by atoms with van der Waals surface area (Å²) in [4.78, 5) is 16.3. The summed E-state index contributed by atoms with van der Waals surface area (Å²) in [6.45, 7) is 0.367. The zero-order valence-corrected chi connectivity index (χ0v) is 15.0. The van der Waals surface area contributed by atoms with Crippen molar-refractivity contribution in [3.63, 3.8) is 0 Å². The number of hydrogen-bond donors (Lipinski definition) is 1. The third kappa shape index (κ3) is 3.68. The van der Waals surface area contributed by atoms with Gasteiger partial charge in [0, 0.05) is 24.4 Å². The highest BCUT2D eigenvalue weighted by molar-refractivity contribution is 7.98. The lowest BCUT2D eigenvalue weighted by Gasteiger charge is -2.24. The van der Waals surface area contributed by atoms with Gasteiger partial charge in [-0.25, -0.2) is 9.67 Å². The first-order valence-corrected chi connectivity index (χ1v) is 9.65. The number of thioether (sulfide) groups is 1. The quantitative estimate of drug-likeness (QED) is 0.857. The number of alkyl halides is 3. The van der Waals surface area contributed by atoms with E-state index in [1.807, 2.05) is 0 Å². The van der Waals surface area contributed by atoms with E-state index in [9.17, 15) is 18.0 Å². The molecule has 2 aliphatic heterocycles. The van der Waals surface area contributed by atoms with Gasteiger partial charge in [0.15, 0.2) is 0 Å². The van der Waals surface area contributed by atoms with Crippen molar-refractivity contribution in [2.75, 3.05) is 24.3 Å². The number of aryl methyl sites for hydroxylation is 1. The molecule has 6 nitrogen and oxygen atoms in total. The molecule has 2 aliphatic rings. The van der Waals surface area contributed by atoms with Crippen LogP contribution >= 0.6 is 11.8 Å². The maximum Gasteiger partial charge on any atom is 0.419 e. The van der Waals surface area contributed by atoms with Gasteiger partial charge in [0.25, 0.3) is 5.56 Å². The van der Waals surface area contributed by atoms with Crippen molar-refractivity contribution >= 4 is 17.6 Å². The number of anilines is 1. The number of rotatable bonds is 3. The predicted octanol–water partition coefficient (Wildman–Crippen LogP) is 2.50. The van der Waals surface area contributed by atoms with E-state index in [4.69, 9.17) is 4.74 Å². The molecule has 0 spiro atoms. The normalized spacial score (nSPS) is 22.5. The van der Waals surface area contributed by atoms with E-state index in [1.165, 1.54) is 16.9 Å². The third-order valence-electron chi connectivity index (χ3n) is 4.66. The highest BCUT2D eigenvalue weighted by Gasteiger charge is 2.37. The fourth-order valence-corrected chi connectivity index (χ4v) is 4.26. The van der Waals surface area contributed by atoms with Gasteiger partial charge < -0.3 is 10.1 Å². The van der Waals surface area contributed by atoms with Crippen LogP contribution in [0.25, 0.3) is 0 Å². The standard InChI is InChI=1S/C17H17F3N4O2S/c18-17(19,20)11-2-1-4-21-16(11)22-13-7-26-8-14(13)24-15(25)6-10-9-27-5-3-12(10)23-24/h1-2,4,6,13-14H,3,5,7-9H2,(H,21,22). The van der Waals surface area contributed by atoms with E-state index in [2.05, 4.69) is 15.4 Å². The second-order valence-electron chi connectivity index (χ2n) is 6.45. The number of aromatic nitrogens is 3. The molecule has 1 fully saturated rings. The smallest absolute Gasteiger partial charge is 0.377 e. The molecule has 10 heteroatoms. The predicted molar refractivity (Wildman–Crippen MR) is 94.9 cm³/mol. The number of hydrogen-bond acceptors (Lipinski definition) is 6. The third-order valence-corrected chi connectivity index (χ3v) is 5.67. The van der Waals surface area contributed by atoms with E-state index in [0.29, 0.717) is 0 Å². The van der Waals surface area contributed by atoms with Gasteiger partial charge in [-0.3, -0.25) is 4.79 Å². The average Bonchev–Trinajstić information content (AvgIpc) is 3.08. The summed E-state index contributed by atoms with van der Waals surface area (Å²) in [5.74, 6) is 1.42. The molecule has 0 saturated carbocycles. The van der Waals surface area contributed by atoms with Gasteiger partial charge >= 0.3 is 6.18 Å². The summed E-state index contributed by atoms with van der Waals surface area (Å²) in [6.07, 6.45) is -2.46. The summed E-state index contributed by atoms with van der Waals surface area (Å²) in [7, 11) is 0. The molecule has 2 aromatic rings. The zero-order chi connectivity index (χ0) is 19.0. The molecular weight excluding hydrogens is 381 g/mol. The Morgan fingerprint density at radius 1 is 1.33 bits per heavy atom. The second-order valence-corrected chi connectivity index (χ2v) is 7.56. The fraction of sp³-hybridized carbons (Fsp3) is 0.471. The Kier molecular flexibility index (Phi) is 4.85. The minimum Gasteiger partial charge on any atom is -0.377 e. The van der Waals surface area contributed by atoms with Crippen LogP contribution in [0.15, 0.2) is 29.2 Å². The molecule has 4 rings (SSSR count). The first kappa shape index (κ1) is 18.3. The van der Waals surface area contributed by atoms with E-state index in [0.717, 1.165) is 35.3 Å². The minimum absolute atomic E-state index is 0.166. The first-order chi connectivity index (χ1) is 12.9. The van der Waals surface area contributed by atoms with Crippen LogP contribution in [0.5, 0.6) is 0 Å². The number of halogens is 3. The molecule has 0 bridgehead atoms. The zero-order valence-electron chi connectivity index (χ0n) is 14.2. The van der Waals surface area contributed by atoms with Crippen LogP contribution in [0.4, 0.5) is 19.0 Å². The monoisotopic (exact) mass is 398 g/mol. The summed E-state index contributed by atoms with van der Waals surface area (Å²) in [5, 5.41) is 7.30. The van der Waals surface area contributed by atoms with Crippen molar-refractivity contribution in [2.45, 2.75) is 30.4 Å². The van der Waals surface area contributed by atoms with Gasteiger partial charge in [0.2, 0.25) is 0 Å².